The molecule has 1 saturated heterocycles. The Kier molecular flexibility index (Phi) is 6.11. The summed E-state index contributed by atoms with van der Waals surface area (Å²) in [4.78, 5) is 25.6. The van der Waals surface area contributed by atoms with Crippen LogP contribution in [-0.4, -0.2) is 17.6 Å². The molecule has 0 bridgehead atoms. The first-order chi connectivity index (χ1) is 13.0. The van der Waals surface area contributed by atoms with Crippen LogP contribution in [0.4, 0.5) is 20.2 Å². The normalized spacial score (nSPS) is 16.6. The van der Waals surface area contributed by atoms with Crippen molar-refractivity contribution in [3.8, 4) is 0 Å². The minimum absolute atomic E-state index is 0.0498. The molecular weight excluding hydrogens is 370 g/mol. The molecule has 1 N–H and O–H groups in total. The number of thioether (sulfide) groups is 1. The van der Waals surface area contributed by atoms with Gasteiger partial charge in [-0.15, -0.1) is 11.8 Å². The predicted octanol–water partition coefficient (Wildman–Crippen LogP) is 4.87. The average molecular weight is 390 g/mol. The van der Waals surface area contributed by atoms with Gasteiger partial charge >= 0.3 is 0 Å². The van der Waals surface area contributed by atoms with E-state index in [4.69, 9.17) is 0 Å². The number of benzene rings is 2. The van der Waals surface area contributed by atoms with Crippen molar-refractivity contribution in [2.24, 2.45) is 0 Å². The minimum Gasteiger partial charge on any atom is -0.326 e. The third kappa shape index (κ3) is 4.47. The number of carbonyl (C=O) groups excluding carboxylic acids is 2. The van der Waals surface area contributed by atoms with Gasteiger partial charge in [-0.3, -0.25) is 14.5 Å². The van der Waals surface area contributed by atoms with Crippen LogP contribution in [0.25, 0.3) is 0 Å². The van der Waals surface area contributed by atoms with Crippen molar-refractivity contribution in [3.63, 3.8) is 0 Å². The number of hydrogen-bond acceptors (Lipinski definition) is 3. The van der Waals surface area contributed by atoms with Crippen molar-refractivity contribution < 1.29 is 18.4 Å². The highest BCUT2D eigenvalue weighted by molar-refractivity contribution is 8.00. The van der Waals surface area contributed by atoms with Crippen LogP contribution in [-0.2, 0) is 9.59 Å². The zero-order chi connectivity index (χ0) is 19.4. The third-order valence-corrected chi connectivity index (χ3v) is 5.46. The van der Waals surface area contributed by atoms with E-state index in [-0.39, 0.29) is 23.3 Å². The second kappa shape index (κ2) is 8.52. The molecule has 1 atom stereocenters. The Bertz CT molecular complexity index is 860. The van der Waals surface area contributed by atoms with E-state index in [0.29, 0.717) is 12.1 Å². The Morgan fingerprint density at radius 2 is 2.07 bits per heavy atom. The van der Waals surface area contributed by atoms with E-state index in [2.05, 4.69) is 5.32 Å². The fourth-order valence-electron chi connectivity index (χ4n) is 2.94. The molecule has 0 aliphatic carbocycles. The van der Waals surface area contributed by atoms with Gasteiger partial charge in [0.25, 0.3) is 0 Å². The van der Waals surface area contributed by atoms with E-state index < -0.39 is 17.0 Å². The highest BCUT2D eigenvalue weighted by atomic mass is 32.2. The van der Waals surface area contributed by atoms with Gasteiger partial charge in [0.2, 0.25) is 11.8 Å². The van der Waals surface area contributed by atoms with Crippen molar-refractivity contribution in [2.75, 3.05) is 16.0 Å². The zero-order valence-electron chi connectivity index (χ0n) is 14.9. The van der Waals surface area contributed by atoms with Crippen LogP contribution in [0, 0.1) is 11.6 Å². The Labute approximate surface area is 160 Å². The maximum atomic E-state index is 14.2. The molecule has 0 radical (unpaired) electrons. The van der Waals surface area contributed by atoms with Crippen LogP contribution in [0.3, 0.4) is 0 Å². The third-order valence-electron chi connectivity index (χ3n) is 4.25. The van der Waals surface area contributed by atoms with Crippen LogP contribution in [0.5, 0.6) is 0 Å². The molecule has 0 aromatic heterocycles. The highest BCUT2D eigenvalue weighted by Crippen LogP contribution is 2.43. The maximum absolute atomic E-state index is 14.2. The monoisotopic (exact) mass is 390 g/mol. The quantitative estimate of drug-likeness (QED) is 0.765. The molecule has 1 aliphatic rings. The number of rotatable bonds is 6. The largest absolute Gasteiger partial charge is 0.326 e. The summed E-state index contributed by atoms with van der Waals surface area (Å²) in [6.45, 7) is 2.02. The van der Waals surface area contributed by atoms with Gasteiger partial charge in [-0.1, -0.05) is 25.5 Å². The van der Waals surface area contributed by atoms with E-state index in [1.54, 1.807) is 18.2 Å². The first-order valence-corrected chi connectivity index (χ1v) is 9.83. The van der Waals surface area contributed by atoms with Gasteiger partial charge in [0, 0.05) is 18.2 Å². The summed E-state index contributed by atoms with van der Waals surface area (Å²) in [6.07, 6.45) is 2.20. The van der Waals surface area contributed by atoms with Crippen molar-refractivity contribution >= 4 is 35.0 Å². The Morgan fingerprint density at radius 3 is 2.81 bits per heavy atom. The van der Waals surface area contributed by atoms with Gasteiger partial charge < -0.3 is 5.32 Å². The number of hydrogen-bond donors (Lipinski definition) is 1. The molecule has 4 nitrogen and oxygen atoms in total. The second-order valence-electron chi connectivity index (χ2n) is 6.30. The number of halogens is 2. The molecule has 2 amide bonds. The number of anilines is 2. The lowest BCUT2D eigenvalue weighted by molar-refractivity contribution is -0.117. The standard InChI is InChI=1S/C20H20F2N2O2S/c1-2-3-7-18(25)23-15-6-4-5-13(10-15)20-24(19(26)12-27-20)17-9-8-14(21)11-16(17)22/h4-6,8-11,20H,2-3,7,12H2,1H3,(H,23,25)/t20-/m0/s1. The fraction of sp³-hybridized carbons (Fsp3) is 0.300. The van der Waals surface area contributed by atoms with Crippen molar-refractivity contribution in [1.29, 1.82) is 0 Å². The topological polar surface area (TPSA) is 49.4 Å². The summed E-state index contributed by atoms with van der Waals surface area (Å²) >= 11 is 1.36. The molecule has 0 unspecified atom stereocenters. The van der Waals surface area contributed by atoms with Gasteiger partial charge in [0.05, 0.1) is 11.4 Å². The van der Waals surface area contributed by atoms with Crippen LogP contribution in [0.15, 0.2) is 42.5 Å². The summed E-state index contributed by atoms with van der Waals surface area (Å²) in [7, 11) is 0. The molecule has 0 saturated carbocycles. The first-order valence-electron chi connectivity index (χ1n) is 8.78. The molecule has 142 valence electrons. The molecular formula is C20H20F2N2O2S. The smallest absolute Gasteiger partial charge is 0.238 e. The van der Waals surface area contributed by atoms with Gasteiger partial charge in [-0.05, 0) is 36.2 Å². The zero-order valence-corrected chi connectivity index (χ0v) is 15.7. The van der Waals surface area contributed by atoms with Crippen LogP contribution in [0.1, 0.15) is 37.1 Å². The predicted molar refractivity (Wildman–Crippen MR) is 104 cm³/mol. The Hall–Kier alpha value is -2.41. The average Bonchev–Trinajstić information content (AvgIpc) is 3.02. The van der Waals surface area contributed by atoms with E-state index >= 15 is 0 Å². The molecule has 2 aromatic rings. The first kappa shape index (κ1) is 19.4. The summed E-state index contributed by atoms with van der Waals surface area (Å²) in [6, 6.07) is 10.4. The Balaban J connectivity index is 1.85. The summed E-state index contributed by atoms with van der Waals surface area (Å²) < 4.78 is 27.5. The lowest BCUT2D eigenvalue weighted by Crippen LogP contribution is -2.28. The second-order valence-corrected chi connectivity index (χ2v) is 7.37. The molecule has 1 aliphatic heterocycles. The minimum atomic E-state index is -0.778. The summed E-state index contributed by atoms with van der Waals surface area (Å²) in [5.74, 6) is -1.57. The van der Waals surface area contributed by atoms with Gasteiger partial charge in [-0.2, -0.15) is 0 Å². The van der Waals surface area contributed by atoms with Gasteiger partial charge in [-0.25, -0.2) is 8.78 Å². The molecule has 7 heteroatoms. The number of amides is 2. The highest BCUT2D eigenvalue weighted by Gasteiger charge is 2.35. The molecule has 1 fully saturated rings. The summed E-state index contributed by atoms with van der Waals surface area (Å²) in [5, 5.41) is 2.41. The van der Waals surface area contributed by atoms with Gasteiger partial charge in [0.1, 0.15) is 17.0 Å². The number of unbranched alkanes of at least 4 members (excludes halogenated alkanes) is 1. The van der Waals surface area contributed by atoms with Crippen LogP contribution < -0.4 is 10.2 Å². The molecule has 2 aromatic carbocycles. The summed E-state index contributed by atoms with van der Waals surface area (Å²) in [5.41, 5.74) is 1.45. The maximum Gasteiger partial charge on any atom is 0.238 e. The van der Waals surface area contributed by atoms with Crippen LogP contribution >= 0.6 is 11.8 Å². The SMILES string of the molecule is CCCCC(=O)Nc1cccc([C@@H]2SCC(=O)N2c2ccc(F)cc2F)c1. The number of carbonyl (C=O) groups is 2. The number of nitrogens with one attached hydrogen (secondary N) is 1. The lowest BCUT2D eigenvalue weighted by atomic mass is 10.1. The van der Waals surface area contributed by atoms with E-state index in [0.717, 1.165) is 30.5 Å². The van der Waals surface area contributed by atoms with Gasteiger partial charge in [0.15, 0.2) is 0 Å². The molecule has 0 spiro atoms. The fourth-order valence-corrected chi connectivity index (χ4v) is 4.10. The molecule has 1 heterocycles. The van der Waals surface area contributed by atoms with Crippen molar-refractivity contribution in [1.82, 2.24) is 0 Å². The van der Waals surface area contributed by atoms with E-state index in [1.807, 2.05) is 13.0 Å². The lowest BCUT2D eigenvalue weighted by Gasteiger charge is -2.25. The van der Waals surface area contributed by atoms with E-state index in [1.165, 1.54) is 22.7 Å². The molecule has 27 heavy (non-hydrogen) atoms. The van der Waals surface area contributed by atoms with E-state index in [9.17, 15) is 18.4 Å². The number of nitrogens with zero attached hydrogens (tertiary/aromatic N) is 1. The van der Waals surface area contributed by atoms with Crippen molar-refractivity contribution in [2.45, 2.75) is 31.6 Å². The van der Waals surface area contributed by atoms with Crippen LogP contribution in [0.2, 0.25) is 0 Å². The Morgan fingerprint density at radius 1 is 1.26 bits per heavy atom. The molecule has 3 rings (SSSR count). The van der Waals surface area contributed by atoms with Crippen molar-refractivity contribution in [3.05, 3.63) is 59.7 Å².